The molecule has 1 fully saturated rings. The van der Waals surface area contributed by atoms with E-state index in [9.17, 15) is 0 Å². The van der Waals surface area contributed by atoms with Gasteiger partial charge in [-0.15, -0.1) is 0 Å². The lowest BCUT2D eigenvalue weighted by Crippen LogP contribution is -2.30. The fourth-order valence-electron chi connectivity index (χ4n) is 3.37. The highest BCUT2D eigenvalue weighted by atomic mass is 35.5. The third-order valence-corrected chi connectivity index (χ3v) is 5.28. The molecular weight excluding hydrogens is 369 g/mol. The number of hydrogen-bond acceptors (Lipinski definition) is 3. The lowest BCUT2D eigenvalue weighted by Gasteiger charge is -2.23. The molecule has 1 aliphatic rings. The van der Waals surface area contributed by atoms with E-state index in [1.54, 1.807) is 7.11 Å². The Morgan fingerprint density at radius 1 is 1.04 bits per heavy atom. The van der Waals surface area contributed by atoms with Gasteiger partial charge in [-0.2, -0.15) is 0 Å². The van der Waals surface area contributed by atoms with Crippen molar-refractivity contribution in [1.29, 1.82) is 0 Å². The van der Waals surface area contributed by atoms with E-state index in [4.69, 9.17) is 32.7 Å². The quantitative estimate of drug-likeness (QED) is 0.625. The van der Waals surface area contributed by atoms with Crippen molar-refractivity contribution in [3.63, 3.8) is 0 Å². The Balaban J connectivity index is 1.66. The number of methoxy groups -OCH3 is 1. The maximum atomic E-state index is 6.47. The number of rotatable bonds is 7. The topological polar surface area (TPSA) is 30.5 Å². The van der Waals surface area contributed by atoms with Gasteiger partial charge in [-0.3, -0.25) is 0 Å². The second-order valence-electron chi connectivity index (χ2n) is 6.74. The molecule has 0 atom stereocenters. The zero-order valence-electron chi connectivity index (χ0n) is 15.1. The zero-order valence-corrected chi connectivity index (χ0v) is 16.6. The molecule has 1 aliphatic carbocycles. The molecule has 0 saturated heterocycles. The molecule has 0 aromatic heterocycles. The monoisotopic (exact) mass is 393 g/mol. The lowest BCUT2D eigenvalue weighted by molar-refractivity contribution is 0.284. The number of halogens is 2. The van der Waals surface area contributed by atoms with Crippen LogP contribution in [0.4, 0.5) is 0 Å². The summed E-state index contributed by atoms with van der Waals surface area (Å²) in [6.45, 7) is 1.17. The van der Waals surface area contributed by atoms with Gasteiger partial charge in [0.1, 0.15) is 6.61 Å². The van der Waals surface area contributed by atoms with Crippen molar-refractivity contribution in [2.75, 3.05) is 7.11 Å². The number of nitrogens with one attached hydrogen (secondary N) is 1. The predicted molar refractivity (Wildman–Crippen MR) is 108 cm³/mol. The molecule has 0 spiro atoms. The highest BCUT2D eigenvalue weighted by Gasteiger charge is 2.15. The van der Waals surface area contributed by atoms with E-state index in [0.717, 1.165) is 17.7 Å². The Morgan fingerprint density at radius 3 is 2.58 bits per heavy atom. The molecule has 1 N–H and O–H groups in total. The van der Waals surface area contributed by atoms with Crippen molar-refractivity contribution >= 4 is 23.2 Å². The summed E-state index contributed by atoms with van der Waals surface area (Å²) in [5, 5.41) is 4.88. The fourth-order valence-corrected chi connectivity index (χ4v) is 3.87. The van der Waals surface area contributed by atoms with Crippen LogP contribution in [-0.4, -0.2) is 13.2 Å². The first-order valence-electron chi connectivity index (χ1n) is 9.13. The summed E-state index contributed by atoms with van der Waals surface area (Å²) in [4.78, 5) is 0. The van der Waals surface area contributed by atoms with Crippen molar-refractivity contribution in [2.45, 2.75) is 51.3 Å². The molecule has 3 rings (SSSR count). The van der Waals surface area contributed by atoms with Gasteiger partial charge >= 0.3 is 0 Å². The molecular formula is C21H25Cl2NO2. The SMILES string of the molecule is COc1cc(CNC2CCCCC2)cc(Cl)c1OCc1cccc(Cl)c1. The van der Waals surface area contributed by atoms with Crippen molar-refractivity contribution in [2.24, 2.45) is 0 Å². The Hall–Kier alpha value is -1.42. The van der Waals surface area contributed by atoms with Crippen LogP contribution >= 0.6 is 23.2 Å². The molecule has 2 aromatic carbocycles. The summed E-state index contributed by atoms with van der Waals surface area (Å²) < 4.78 is 11.4. The van der Waals surface area contributed by atoms with Gasteiger partial charge in [0.05, 0.1) is 12.1 Å². The van der Waals surface area contributed by atoms with Crippen LogP contribution < -0.4 is 14.8 Å². The van der Waals surface area contributed by atoms with Gasteiger partial charge in [0, 0.05) is 17.6 Å². The Bertz CT molecular complexity index is 730. The van der Waals surface area contributed by atoms with Crippen molar-refractivity contribution in [1.82, 2.24) is 5.32 Å². The number of ether oxygens (including phenoxy) is 2. The smallest absolute Gasteiger partial charge is 0.180 e. The predicted octanol–water partition coefficient (Wildman–Crippen LogP) is 6.00. The summed E-state index contributed by atoms with van der Waals surface area (Å²) in [5.41, 5.74) is 2.09. The average molecular weight is 394 g/mol. The van der Waals surface area contributed by atoms with E-state index in [1.807, 2.05) is 36.4 Å². The molecule has 1 saturated carbocycles. The van der Waals surface area contributed by atoms with E-state index in [0.29, 0.717) is 34.2 Å². The van der Waals surface area contributed by atoms with E-state index >= 15 is 0 Å². The van der Waals surface area contributed by atoms with Crippen LogP contribution in [0.1, 0.15) is 43.2 Å². The molecule has 0 unspecified atom stereocenters. The maximum absolute atomic E-state index is 6.47. The van der Waals surface area contributed by atoms with Crippen molar-refractivity contribution < 1.29 is 9.47 Å². The van der Waals surface area contributed by atoms with Gasteiger partial charge in [0.2, 0.25) is 0 Å². The first-order chi connectivity index (χ1) is 12.7. The molecule has 140 valence electrons. The summed E-state index contributed by atoms with van der Waals surface area (Å²) >= 11 is 12.5. The normalized spacial score (nSPS) is 15.0. The van der Waals surface area contributed by atoms with E-state index in [-0.39, 0.29) is 0 Å². The molecule has 0 aliphatic heterocycles. The van der Waals surface area contributed by atoms with Crippen LogP contribution in [0.5, 0.6) is 11.5 Å². The van der Waals surface area contributed by atoms with Crippen LogP contribution in [0, 0.1) is 0 Å². The van der Waals surface area contributed by atoms with E-state index in [1.165, 1.54) is 32.1 Å². The lowest BCUT2D eigenvalue weighted by atomic mass is 9.95. The van der Waals surface area contributed by atoms with Crippen LogP contribution in [0.3, 0.4) is 0 Å². The molecule has 2 aromatic rings. The number of benzene rings is 2. The summed E-state index contributed by atoms with van der Waals surface area (Å²) in [6, 6.07) is 12.1. The molecule has 3 nitrogen and oxygen atoms in total. The van der Waals surface area contributed by atoms with Gasteiger partial charge in [0.15, 0.2) is 11.5 Å². The molecule has 5 heteroatoms. The van der Waals surface area contributed by atoms with Crippen molar-refractivity contribution in [3.8, 4) is 11.5 Å². The van der Waals surface area contributed by atoms with Gasteiger partial charge in [-0.25, -0.2) is 0 Å². The maximum Gasteiger partial charge on any atom is 0.180 e. The minimum absolute atomic E-state index is 0.385. The van der Waals surface area contributed by atoms with Gasteiger partial charge in [-0.05, 0) is 48.2 Å². The Labute approximate surface area is 165 Å². The fraction of sp³-hybridized carbons (Fsp3) is 0.429. The van der Waals surface area contributed by atoms with E-state index in [2.05, 4.69) is 5.32 Å². The molecule has 0 heterocycles. The second-order valence-corrected chi connectivity index (χ2v) is 7.59. The Kier molecular flexibility index (Phi) is 7.07. The van der Waals surface area contributed by atoms with Gasteiger partial charge < -0.3 is 14.8 Å². The Morgan fingerprint density at radius 2 is 1.85 bits per heavy atom. The average Bonchev–Trinajstić information content (AvgIpc) is 2.66. The highest BCUT2D eigenvalue weighted by Crippen LogP contribution is 2.37. The van der Waals surface area contributed by atoms with Crippen LogP contribution in [-0.2, 0) is 13.2 Å². The van der Waals surface area contributed by atoms with Crippen LogP contribution in [0.2, 0.25) is 10.0 Å². The van der Waals surface area contributed by atoms with Gasteiger partial charge in [0.25, 0.3) is 0 Å². The summed E-state index contributed by atoms with van der Waals surface area (Å²) in [7, 11) is 1.64. The minimum atomic E-state index is 0.385. The second kappa shape index (κ2) is 9.50. The first kappa shape index (κ1) is 19.3. The number of hydrogen-bond donors (Lipinski definition) is 1. The van der Waals surface area contributed by atoms with Crippen LogP contribution in [0.25, 0.3) is 0 Å². The molecule has 0 bridgehead atoms. The third-order valence-electron chi connectivity index (χ3n) is 4.76. The standard InChI is InChI=1S/C21H25Cl2NO2/c1-25-20-12-16(13-24-18-8-3-2-4-9-18)11-19(23)21(20)26-14-15-6-5-7-17(22)10-15/h5-7,10-12,18,24H,2-4,8-9,13-14H2,1H3. The molecule has 0 radical (unpaired) electrons. The third kappa shape index (κ3) is 5.29. The molecule has 26 heavy (non-hydrogen) atoms. The summed E-state index contributed by atoms with van der Waals surface area (Å²) in [6.07, 6.45) is 6.50. The minimum Gasteiger partial charge on any atom is -0.493 e. The first-order valence-corrected chi connectivity index (χ1v) is 9.88. The highest BCUT2D eigenvalue weighted by molar-refractivity contribution is 6.32. The van der Waals surface area contributed by atoms with Crippen LogP contribution in [0.15, 0.2) is 36.4 Å². The summed E-state index contributed by atoms with van der Waals surface area (Å²) in [5.74, 6) is 1.22. The zero-order chi connectivity index (χ0) is 18.4. The van der Waals surface area contributed by atoms with Gasteiger partial charge in [-0.1, -0.05) is 54.6 Å². The van der Waals surface area contributed by atoms with E-state index < -0.39 is 0 Å². The molecule has 0 amide bonds. The largest absolute Gasteiger partial charge is 0.493 e. The van der Waals surface area contributed by atoms with Crippen molar-refractivity contribution in [3.05, 3.63) is 57.6 Å².